The molecule has 0 aliphatic carbocycles. The van der Waals surface area contributed by atoms with E-state index in [1.54, 1.807) is 30.3 Å². The number of hydrogen-bond donors (Lipinski definition) is 1. The summed E-state index contributed by atoms with van der Waals surface area (Å²) in [6.07, 6.45) is 0. The van der Waals surface area contributed by atoms with Gasteiger partial charge in [0.25, 0.3) is 0 Å². The second-order valence-corrected chi connectivity index (χ2v) is 5.60. The van der Waals surface area contributed by atoms with Crippen molar-refractivity contribution in [2.45, 2.75) is 10.6 Å². The van der Waals surface area contributed by atoms with Crippen molar-refractivity contribution < 1.29 is 9.66 Å². The minimum absolute atomic E-state index is 0.0530. The van der Waals surface area contributed by atoms with E-state index in [0.29, 0.717) is 16.5 Å². The number of nitrogens with two attached hydrogens (primary N) is 1. The van der Waals surface area contributed by atoms with Crippen LogP contribution in [0.25, 0.3) is 0 Å². The summed E-state index contributed by atoms with van der Waals surface area (Å²) in [6, 6.07) is 10.2. The third-order valence-electron chi connectivity index (χ3n) is 2.82. The van der Waals surface area contributed by atoms with Crippen LogP contribution in [0.3, 0.4) is 0 Å². The Kier molecular flexibility index (Phi) is 4.93. The largest absolute Gasteiger partial charge is 0.490 e. The van der Waals surface area contributed by atoms with Gasteiger partial charge in [0.15, 0.2) is 5.75 Å². The highest BCUT2D eigenvalue weighted by molar-refractivity contribution is 7.98. The summed E-state index contributed by atoms with van der Waals surface area (Å²) < 4.78 is 4.97. The number of methoxy groups -OCH3 is 1. The highest BCUT2D eigenvalue weighted by Gasteiger charge is 2.15. The van der Waals surface area contributed by atoms with E-state index in [1.165, 1.54) is 24.9 Å². The first-order chi connectivity index (χ1) is 10.0. The monoisotopic (exact) mass is 324 g/mol. The van der Waals surface area contributed by atoms with Crippen molar-refractivity contribution in [1.82, 2.24) is 0 Å². The SMILES string of the molecule is COc1ccc(CSc2c(N)cccc2Cl)cc1[N+](=O)[O-]. The first-order valence-corrected chi connectivity index (χ1v) is 7.37. The molecule has 2 aromatic rings. The van der Waals surface area contributed by atoms with E-state index in [2.05, 4.69) is 0 Å². The van der Waals surface area contributed by atoms with Crippen molar-refractivity contribution in [3.63, 3.8) is 0 Å². The zero-order valence-corrected chi connectivity index (χ0v) is 12.8. The molecule has 5 nitrogen and oxygen atoms in total. The van der Waals surface area contributed by atoms with E-state index in [4.69, 9.17) is 22.1 Å². The Hall–Kier alpha value is -1.92. The van der Waals surface area contributed by atoms with Gasteiger partial charge in [0.05, 0.1) is 17.1 Å². The second-order valence-electron chi connectivity index (χ2n) is 4.21. The number of anilines is 1. The lowest BCUT2D eigenvalue weighted by Gasteiger charge is -2.08. The summed E-state index contributed by atoms with van der Waals surface area (Å²) in [6.45, 7) is 0. The Morgan fingerprint density at radius 1 is 1.38 bits per heavy atom. The van der Waals surface area contributed by atoms with Crippen LogP contribution < -0.4 is 10.5 Å². The molecule has 110 valence electrons. The van der Waals surface area contributed by atoms with Crippen LogP contribution in [0.2, 0.25) is 5.02 Å². The molecule has 0 saturated heterocycles. The predicted octanol–water partition coefficient (Wildman–Crippen LogP) is 4.13. The molecule has 0 aliphatic heterocycles. The first kappa shape index (κ1) is 15.5. The van der Waals surface area contributed by atoms with E-state index in [0.717, 1.165) is 10.5 Å². The summed E-state index contributed by atoms with van der Waals surface area (Å²) in [5.41, 5.74) is 7.21. The minimum Gasteiger partial charge on any atom is -0.490 e. The fraction of sp³-hybridized carbons (Fsp3) is 0.143. The average molecular weight is 325 g/mol. The van der Waals surface area contributed by atoms with E-state index < -0.39 is 4.92 Å². The van der Waals surface area contributed by atoms with Gasteiger partial charge >= 0.3 is 5.69 Å². The zero-order chi connectivity index (χ0) is 15.4. The lowest BCUT2D eigenvalue weighted by atomic mass is 10.2. The second kappa shape index (κ2) is 6.69. The number of nitro benzene ring substituents is 1. The molecular formula is C14H13ClN2O3S. The van der Waals surface area contributed by atoms with Gasteiger partial charge in [-0.1, -0.05) is 23.7 Å². The van der Waals surface area contributed by atoms with Crippen molar-refractivity contribution in [2.24, 2.45) is 0 Å². The van der Waals surface area contributed by atoms with Gasteiger partial charge in [0.1, 0.15) is 0 Å². The van der Waals surface area contributed by atoms with Gasteiger partial charge in [-0.15, -0.1) is 11.8 Å². The van der Waals surface area contributed by atoms with E-state index >= 15 is 0 Å². The normalized spacial score (nSPS) is 10.4. The fourth-order valence-electron chi connectivity index (χ4n) is 1.80. The van der Waals surface area contributed by atoms with Crippen molar-refractivity contribution in [3.8, 4) is 5.75 Å². The summed E-state index contributed by atoms with van der Waals surface area (Å²) in [4.78, 5) is 11.3. The van der Waals surface area contributed by atoms with Gasteiger partial charge in [0.2, 0.25) is 0 Å². The lowest BCUT2D eigenvalue weighted by molar-refractivity contribution is -0.385. The standard InChI is InChI=1S/C14H13ClN2O3S/c1-20-13-6-5-9(7-12(13)17(18)19)8-21-14-10(15)3-2-4-11(14)16/h2-7H,8,16H2,1H3. The quantitative estimate of drug-likeness (QED) is 0.387. The number of thioether (sulfide) groups is 1. The molecule has 0 saturated carbocycles. The van der Waals surface area contributed by atoms with Crippen LogP contribution in [-0.4, -0.2) is 12.0 Å². The molecule has 0 spiro atoms. The topological polar surface area (TPSA) is 78.4 Å². The molecule has 2 aromatic carbocycles. The fourth-order valence-corrected chi connectivity index (χ4v) is 3.08. The number of benzene rings is 2. The molecule has 0 unspecified atom stereocenters. The molecule has 0 atom stereocenters. The molecule has 0 amide bonds. The number of nitrogen functional groups attached to an aromatic ring is 1. The average Bonchev–Trinajstić information content (AvgIpc) is 2.46. The van der Waals surface area contributed by atoms with Crippen LogP contribution in [0, 0.1) is 10.1 Å². The molecule has 0 bridgehead atoms. The summed E-state index contributed by atoms with van der Waals surface area (Å²) in [5, 5.41) is 11.6. The van der Waals surface area contributed by atoms with Gasteiger partial charge in [0, 0.05) is 22.4 Å². The first-order valence-electron chi connectivity index (χ1n) is 6.01. The molecule has 0 heterocycles. The van der Waals surface area contributed by atoms with E-state index in [9.17, 15) is 10.1 Å². The molecule has 7 heteroatoms. The maximum absolute atomic E-state index is 11.0. The van der Waals surface area contributed by atoms with Crippen LogP contribution in [0.1, 0.15) is 5.56 Å². The highest BCUT2D eigenvalue weighted by Crippen LogP contribution is 2.36. The van der Waals surface area contributed by atoms with Crippen LogP contribution in [0.15, 0.2) is 41.3 Å². The lowest BCUT2D eigenvalue weighted by Crippen LogP contribution is -1.95. The number of ether oxygens (including phenoxy) is 1. The van der Waals surface area contributed by atoms with Crippen LogP contribution in [0.4, 0.5) is 11.4 Å². The van der Waals surface area contributed by atoms with E-state index in [-0.39, 0.29) is 11.4 Å². The van der Waals surface area contributed by atoms with E-state index in [1.807, 2.05) is 0 Å². The highest BCUT2D eigenvalue weighted by atomic mass is 35.5. The summed E-state index contributed by atoms with van der Waals surface area (Å²) >= 11 is 7.54. The molecule has 0 radical (unpaired) electrons. The summed E-state index contributed by atoms with van der Waals surface area (Å²) in [7, 11) is 1.40. The van der Waals surface area contributed by atoms with Crippen LogP contribution in [-0.2, 0) is 5.75 Å². The third-order valence-corrected chi connectivity index (χ3v) is 4.47. The number of hydrogen-bond acceptors (Lipinski definition) is 5. The molecule has 0 fully saturated rings. The Balaban J connectivity index is 2.21. The minimum atomic E-state index is -0.461. The molecule has 21 heavy (non-hydrogen) atoms. The molecule has 0 aromatic heterocycles. The third kappa shape index (κ3) is 3.59. The predicted molar refractivity (Wildman–Crippen MR) is 85.1 cm³/mol. The van der Waals surface area contributed by atoms with Gasteiger partial charge in [-0.05, 0) is 23.8 Å². The van der Waals surface area contributed by atoms with Crippen molar-refractivity contribution >= 4 is 34.7 Å². The smallest absolute Gasteiger partial charge is 0.311 e. The van der Waals surface area contributed by atoms with Gasteiger partial charge in [-0.2, -0.15) is 0 Å². The Morgan fingerprint density at radius 3 is 2.76 bits per heavy atom. The van der Waals surface area contributed by atoms with Gasteiger partial charge in [-0.3, -0.25) is 10.1 Å². The number of halogens is 1. The maximum atomic E-state index is 11.0. The molecule has 2 rings (SSSR count). The van der Waals surface area contributed by atoms with Crippen LogP contribution >= 0.6 is 23.4 Å². The summed E-state index contributed by atoms with van der Waals surface area (Å²) in [5.74, 6) is 0.768. The Bertz CT molecular complexity index is 659. The maximum Gasteiger partial charge on any atom is 0.311 e. The number of rotatable bonds is 5. The van der Waals surface area contributed by atoms with Crippen molar-refractivity contribution in [3.05, 3.63) is 57.1 Å². The molecule has 2 N–H and O–H groups in total. The number of nitro groups is 1. The molecule has 0 aliphatic rings. The Morgan fingerprint density at radius 2 is 2.14 bits per heavy atom. The Labute approximate surface area is 131 Å². The van der Waals surface area contributed by atoms with Crippen molar-refractivity contribution in [1.29, 1.82) is 0 Å². The zero-order valence-electron chi connectivity index (χ0n) is 11.2. The van der Waals surface area contributed by atoms with Gasteiger partial charge in [-0.25, -0.2) is 0 Å². The molecular weight excluding hydrogens is 312 g/mol. The number of nitrogens with zero attached hydrogens (tertiary/aromatic N) is 1. The van der Waals surface area contributed by atoms with Crippen LogP contribution in [0.5, 0.6) is 5.75 Å². The van der Waals surface area contributed by atoms with Crippen molar-refractivity contribution in [2.75, 3.05) is 12.8 Å². The van der Waals surface area contributed by atoms with Gasteiger partial charge < -0.3 is 10.5 Å².